The van der Waals surface area contributed by atoms with Gasteiger partial charge in [-0.2, -0.15) is 0 Å². The molecule has 0 unspecified atom stereocenters. The maximum absolute atomic E-state index is 12.7. The predicted molar refractivity (Wildman–Crippen MR) is 160 cm³/mol. The molecule has 2 aliphatic heterocycles. The van der Waals surface area contributed by atoms with E-state index in [-0.39, 0.29) is 11.8 Å². The lowest BCUT2D eigenvalue weighted by molar-refractivity contribution is -0.122. The van der Waals surface area contributed by atoms with Gasteiger partial charge in [-0.1, -0.05) is 0 Å². The van der Waals surface area contributed by atoms with Crippen LogP contribution in [0.25, 0.3) is 22.5 Å². The number of carbonyl (C=O) groups excluding carboxylic acids is 2. The van der Waals surface area contributed by atoms with E-state index in [2.05, 4.69) is 25.3 Å². The van der Waals surface area contributed by atoms with Crippen LogP contribution < -0.4 is 10.2 Å². The van der Waals surface area contributed by atoms with Crippen molar-refractivity contribution in [1.29, 1.82) is 0 Å². The van der Waals surface area contributed by atoms with Gasteiger partial charge in [-0.25, -0.2) is 0 Å². The van der Waals surface area contributed by atoms with Crippen LogP contribution in [0.1, 0.15) is 62.9 Å². The van der Waals surface area contributed by atoms with Gasteiger partial charge < -0.3 is 10.2 Å². The van der Waals surface area contributed by atoms with Gasteiger partial charge >= 0.3 is 0 Å². The molecule has 8 heteroatoms. The van der Waals surface area contributed by atoms with Crippen LogP contribution in [0.5, 0.6) is 0 Å². The van der Waals surface area contributed by atoms with E-state index in [1.54, 1.807) is 12.4 Å². The van der Waals surface area contributed by atoms with Crippen molar-refractivity contribution in [2.45, 2.75) is 71.3 Å². The standard InChI is InChI=1S/C18H19N3O.C15H15N3O/c1-11-4-5-12(9-19-11)15-8-16-14(10-20-15)18(2,3)17(22)21(16)13-6-7-13;1-9-7-16-5-4-10(9)12-6-13-11(8-17-12)15(2,3)14(19)18-13/h4-5,8-10,13H,6-7H2,1-3H3;4-8H,1-3H3,(H,18,19). The number of carbonyl (C=O) groups is 2. The van der Waals surface area contributed by atoms with Crippen LogP contribution in [-0.2, 0) is 20.4 Å². The third-order valence-corrected chi connectivity index (χ3v) is 8.38. The highest BCUT2D eigenvalue weighted by molar-refractivity contribution is 6.08. The lowest BCUT2D eigenvalue weighted by Gasteiger charge is -2.19. The first kappa shape index (κ1) is 26.7. The lowest BCUT2D eigenvalue weighted by Crippen LogP contribution is -2.37. The molecule has 41 heavy (non-hydrogen) atoms. The molecule has 0 bridgehead atoms. The normalized spacial score (nSPS) is 17.9. The predicted octanol–water partition coefficient (Wildman–Crippen LogP) is 5.92. The van der Waals surface area contributed by atoms with Crippen LogP contribution in [0, 0.1) is 13.8 Å². The van der Waals surface area contributed by atoms with E-state index in [9.17, 15) is 9.59 Å². The van der Waals surface area contributed by atoms with Crippen LogP contribution >= 0.6 is 0 Å². The van der Waals surface area contributed by atoms with Gasteiger partial charge in [0.2, 0.25) is 11.8 Å². The van der Waals surface area contributed by atoms with E-state index in [4.69, 9.17) is 0 Å². The van der Waals surface area contributed by atoms with Gasteiger partial charge in [-0.3, -0.25) is 29.5 Å². The highest BCUT2D eigenvalue weighted by Gasteiger charge is 2.49. The first-order chi connectivity index (χ1) is 19.5. The molecule has 8 nitrogen and oxygen atoms in total. The molecule has 1 saturated carbocycles. The van der Waals surface area contributed by atoms with Crippen molar-refractivity contribution in [2.24, 2.45) is 0 Å². The molecule has 0 spiro atoms. The molecule has 2 amide bonds. The average Bonchev–Trinajstić information content (AvgIpc) is 3.72. The summed E-state index contributed by atoms with van der Waals surface area (Å²) >= 11 is 0. The number of amides is 2. The summed E-state index contributed by atoms with van der Waals surface area (Å²) in [5, 5.41) is 2.92. The fourth-order valence-corrected chi connectivity index (χ4v) is 5.49. The first-order valence-electron chi connectivity index (χ1n) is 14.0. The van der Waals surface area contributed by atoms with Crippen molar-refractivity contribution in [3.05, 3.63) is 83.7 Å². The monoisotopic (exact) mass is 546 g/mol. The topological polar surface area (TPSA) is 101 Å². The van der Waals surface area contributed by atoms with Crippen LogP contribution in [-0.4, -0.2) is 37.8 Å². The summed E-state index contributed by atoms with van der Waals surface area (Å²) < 4.78 is 0. The minimum Gasteiger partial charge on any atom is -0.325 e. The largest absolute Gasteiger partial charge is 0.325 e. The van der Waals surface area contributed by atoms with Crippen molar-refractivity contribution in [2.75, 3.05) is 10.2 Å². The zero-order valence-electron chi connectivity index (χ0n) is 24.3. The molecule has 0 radical (unpaired) electrons. The number of anilines is 2. The van der Waals surface area contributed by atoms with Crippen LogP contribution in [0.15, 0.2) is 61.3 Å². The van der Waals surface area contributed by atoms with Crippen molar-refractivity contribution >= 4 is 23.2 Å². The van der Waals surface area contributed by atoms with Gasteiger partial charge in [-0.15, -0.1) is 0 Å². The second kappa shape index (κ2) is 9.58. The molecule has 7 rings (SSSR count). The maximum Gasteiger partial charge on any atom is 0.237 e. The van der Waals surface area contributed by atoms with Crippen LogP contribution in [0.4, 0.5) is 11.4 Å². The molecule has 4 aromatic rings. The molecular weight excluding hydrogens is 512 g/mol. The SMILES string of the molecule is Cc1ccc(-c2cc3c(cn2)C(C)(C)C(=O)N3C2CC2)cn1.Cc1cnccc1-c1cc2c(cn1)C(C)(C)C(=O)N2. The average molecular weight is 547 g/mol. The number of aromatic nitrogens is 4. The van der Waals surface area contributed by atoms with Gasteiger partial charge in [0.25, 0.3) is 0 Å². The summed E-state index contributed by atoms with van der Waals surface area (Å²) in [5.41, 5.74) is 8.71. The fourth-order valence-electron chi connectivity index (χ4n) is 5.49. The van der Waals surface area contributed by atoms with E-state index in [1.165, 1.54) is 0 Å². The van der Waals surface area contributed by atoms with Gasteiger partial charge in [0.15, 0.2) is 0 Å². The third-order valence-electron chi connectivity index (χ3n) is 8.38. The summed E-state index contributed by atoms with van der Waals surface area (Å²) in [5.74, 6) is 0.221. The molecule has 0 saturated heterocycles. The summed E-state index contributed by atoms with van der Waals surface area (Å²) in [7, 11) is 0. The summed E-state index contributed by atoms with van der Waals surface area (Å²) in [6, 6.07) is 10.3. The van der Waals surface area contributed by atoms with Crippen molar-refractivity contribution in [3.63, 3.8) is 0 Å². The molecule has 4 aromatic heterocycles. The van der Waals surface area contributed by atoms with Crippen molar-refractivity contribution < 1.29 is 9.59 Å². The number of aryl methyl sites for hydroxylation is 2. The molecule has 1 aliphatic carbocycles. The highest BCUT2D eigenvalue weighted by atomic mass is 16.2. The Morgan fingerprint density at radius 2 is 1.56 bits per heavy atom. The molecule has 0 aromatic carbocycles. The minimum absolute atomic E-state index is 0.0212. The first-order valence-corrected chi connectivity index (χ1v) is 14.0. The Balaban J connectivity index is 0.000000149. The summed E-state index contributed by atoms with van der Waals surface area (Å²) in [6.45, 7) is 11.8. The quantitative estimate of drug-likeness (QED) is 0.342. The molecular formula is C33H34N6O2. The minimum atomic E-state index is -0.506. The second-order valence-electron chi connectivity index (χ2n) is 12.2. The Kier molecular flexibility index (Phi) is 6.25. The van der Waals surface area contributed by atoms with Gasteiger partial charge in [0.05, 0.1) is 27.9 Å². The number of nitrogens with zero attached hydrogens (tertiary/aromatic N) is 5. The molecule has 3 aliphatic rings. The summed E-state index contributed by atoms with van der Waals surface area (Å²) in [4.78, 5) is 44.1. The number of fused-ring (bicyclic) bond motifs is 2. The van der Waals surface area contributed by atoms with E-state index in [0.717, 1.165) is 69.1 Å². The zero-order chi connectivity index (χ0) is 29.1. The number of nitrogens with one attached hydrogen (secondary N) is 1. The molecule has 6 heterocycles. The Hall–Kier alpha value is -4.46. The molecule has 208 valence electrons. The van der Waals surface area contributed by atoms with E-state index in [0.29, 0.717) is 6.04 Å². The van der Waals surface area contributed by atoms with Gasteiger partial charge in [0.1, 0.15) is 0 Å². The van der Waals surface area contributed by atoms with Crippen molar-refractivity contribution in [1.82, 2.24) is 19.9 Å². The Labute approximate surface area is 240 Å². The van der Waals surface area contributed by atoms with E-state index < -0.39 is 10.8 Å². The van der Waals surface area contributed by atoms with Gasteiger partial charge in [-0.05, 0) is 90.3 Å². The van der Waals surface area contributed by atoms with E-state index >= 15 is 0 Å². The Bertz CT molecular complexity index is 1690. The number of rotatable bonds is 3. The molecule has 0 atom stereocenters. The maximum atomic E-state index is 12.7. The Morgan fingerprint density at radius 1 is 0.829 bits per heavy atom. The van der Waals surface area contributed by atoms with Crippen molar-refractivity contribution in [3.8, 4) is 22.5 Å². The smallest absolute Gasteiger partial charge is 0.237 e. The second-order valence-corrected chi connectivity index (χ2v) is 12.2. The van der Waals surface area contributed by atoms with Gasteiger partial charge in [0, 0.05) is 70.7 Å². The highest BCUT2D eigenvalue weighted by Crippen LogP contribution is 2.47. The number of hydrogen-bond donors (Lipinski definition) is 1. The van der Waals surface area contributed by atoms with Crippen LogP contribution in [0.3, 0.4) is 0 Å². The Morgan fingerprint density at radius 3 is 2.24 bits per heavy atom. The van der Waals surface area contributed by atoms with Crippen LogP contribution in [0.2, 0.25) is 0 Å². The third kappa shape index (κ3) is 4.57. The molecule has 1 fully saturated rings. The number of hydrogen-bond acceptors (Lipinski definition) is 6. The number of pyridine rings is 4. The zero-order valence-corrected chi connectivity index (χ0v) is 24.3. The lowest BCUT2D eigenvalue weighted by atomic mass is 9.87. The summed E-state index contributed by atoms with van der Waals surface area (Å²) in [6.07, 6.45) is 11.3. The fraction of sp³-hybridized carbons (Fsp3) is 0.333. The molecule has 1 N–H and O–H groups in total. The van der Waals surface area contributed by atoms with E-state index in [1.807, 2.05) is 95.4 Å².